The molecule has 0 aliphatic carbocycles. The molecule has 0 saturated heterocycles. The second-order valence-electron chi connectivity index (χ2n) is 4.25. The van der Waals surface area contributed by atoms with Crippen LogP contribution in [0.4, 0.5) is 14.5 Å². The van der Waals surface area contributed by atoms with E-state index in [-0.39, 0.29) is 17.0 Å². The van der Waals surface area contributed by atoms with Crippen molar-refractivity contribution in [3.63, 3.8) is 0 Å². The lowest BCUT2D eigenvalue weighted by atomic mass is 10.2. The Morgan fingerprint density at radius 2 is 1.76 bits per heavy atom. The zero-order chi connectivity index (χ0) is 15.6. The van der Waals surface area contributed by atoms with E-state index in [1.807, 2.05) is 0 Å². The summed E-state index contributed by atoms with van der Waals surface area (Å²) < 4.78 is 31.0. The van der Waals surface area contributed by atoms with Gasteiger partial charge in [0.2, 0.25) is 0 Å². The topological polar surface area (TPSA) is 69.4 Å². The molecule has 0 radical (unpaired) electrons. The van der Waals surface area contributed by atoms with Crippen LogP contribution in [0.1, 0.15) is 15.9 Å². The van der Waals surface area contributed by atoms with Gasteiger partial charge in [-0.2, -0.15) is 0 Å². The van der Waals surface area contributed by atoms with Crippen LogP contribution < -0.4 is 4.74 Å². The molecule has 0 fully saturated rings. The van der Waals surface area contributed by atoms with Gasteiger partial charge >= 0.3 is 5.97 Å². The Hall–Kier alpha value is -2.83. The van der Waals surface area contributed by atoms with Crippen LogP contribution >= 0.6 is 0 Å². The Bertz CT molecular complexity index is 711. The molecular weight excluding hydrogens is 284 g/mol. The summed E-state index contributed by atoms with van der Waals surface area (Å²) in [5.41, 5.74) is -0.106. The highest BCUT2D eigenvalue weighted by molar-refractivity contribution is 5.91. The van der Waals surface area contributed by atoms with E-state index in [2.05, 4.69) is 0 Å². The Labute approximate surface area is 117 Å². The molecule has 0 saturated carbocycles. The van der Waals surface area contributed by atoms with Gasteiger partial charge in [-0.3, -0.25) is 10.1 Å². The van der Waals surface area contributed by atoms with Crippen LogP contribution in [0, 0.1) is 28.7 Å². The third-order valence-electron chi connectivity index (χ3n) is 2.67. The zero-order valence-electron chi connectivity index (χ0n) is 10.8. The van der Waals surface area contributed by atoms with E-state index >= 15 is 0 Å². The Balaban J connectivity index is 2.23. The average Bonchev–Trinajstić information content (AvgIpc) is 2.37. The maximum atomic E-state index is 13.0. The van der Waals surface area contributed by atoms with Gasteiger partial charge in [0.15, 0.2) is 0 Å². The number of halogens is 2. The fourth-order valence-corrected chi connectivity index (χ4v) is 1.73. The Morgan fingerprint density at radius 3 is 2.29 bits per heavy atom. The molecule has 0 aliphatic rings. The molecule has 2 aromatic rings. The zero-order valence-corrected chi connectivity index (χ0v) is 10.8. The van der Waals surface area contributed by atoms with Gasteiger partial charge in [0, 0.05) is 17.7 Å². The molecule has 2 rings (SSSR count). The number of aryl methyl sites for hydroxylation is 1. The van der Waals surface area contributed by atoms with Crippen molar-refractivity contribution >= 4 is 11.7 Å². The van der Waals surface area contributed by atoms with Crippen LogP contribution in [0.25, 0.3) is 0 Å². The van der Waals surface area contributed by atoms with Crippen molar-refractivity contribution in [3.8, 4) is 5.75 Å². The molecule has 0 amide bonds. The monoisotopic (exact) mass is 293 g/mol. The van der Waals surface area contributed by atoms with Crippen molar-refractivity contribution in [2.75, 3.05) is 0 Å². The molecule has 0 heterocycles. The number of nitrogens with zero attached hydrogens (tertiary/aromatic N) is 1. The number of nitro benzene ring substituents is 1. The highest BCUT2D eigenvalue weighted by atomic mass is 19.1. The lowest BCUT2D eigenvalue weighted by Crippen LogP contribution is -2.09. The van der Waals surface area contributed by atoms with E-state index in [0.717, 1.165) is 12.1 Å². The van der Waals surface area contributed by atoms with E-state index in [1.165, 1.54) is 25.1 Å². The molecule has 0 atom stereocenters. The molecule has 0 N–H and O–H groups in total. The fourth-order valence-electron chi connectivity index (χ4n) is 1.73. The van der Waals surface area contributed by atoms with Crippen LogP contribution in [0.15, 0.2) is 36.4 Å². The third-order valence-corrected chi connectivity index (χ3v) is 2.67. The van der Waals surface area contributed by atoms with Crippen LogP contribution in [0.5, 0.6) is 5.75 Å². The van der Waals surface area contributed by atoms with E-state index in [4.69, 9.17) is 4.74 Å². The highest BCUT2D eigenvalue weighted by Crippen LogP contribution is 2.23. The van der Waals surface area contributed by atoms with Crippen molar-refractivity contribution in [3.05, 3.63) is 69.3 Å². The average molecular weight is 293 g/mol. The van der Waals surface area contributed by atoms with Gasteiger partial charge in [-0.15, -0.1) is 0 Å². The molecule has 0 aromatic heterocycles. The van der Waals surface area contributed by atoms with Crippen LogP contribution in [0.2, 0.25) is 0 Å². The first-order valence-corrected chi connectivity index (χ1v) is 5.80. The number of carbonyl (C=O) groups excluding carboxylic acids is 1. The van der Waals surface area contributed by atoms with Gasteiger partial charge in [-0.25, -0.2) is 13.6 Å². The van der Waals surface area contributed by atoms with Crippen molar-refractivity contribution < 1.29 is 23.2 Å². The maximum Gasteiger partial charge on any atom is 0.343 e. The van der Waals surface area contributed by atoms with Crippen molar-refractivity contribution in [2.24, 2.45) is 0 Å². The normalized spacial score (nSPS) is 10.2. The molecule has 0 bridgehead atoms. The molecule has 108 valence electrons. The van der Waals surface area contributed by atoms with Crippen LogP contribution in [0.3, 0.4) is 0 Å². The number of esters is 1. The summed E-state index contributed by atoms with van der Waals surface area (Å²) in [6, 6.07) is 6.02. The number of hydrogen-bond donors (Lipinski definition) is 0. The minimum absolute atomic E-state index is 0.0489. The third kappa shape index (κ3) is 3.38. The van der Waals surface area contributed by atoms with Crippen LogP contribution in [-0.4, -0.2) is 10.9 Å². The first-order valence-electron chi connectivity index (χ1n) is 5.80. The van der Waals surface area contributed by atoms with E-state index < -0.39 is 22.5 Å². The van der Waals surface area contributed by atoms with Crippen molar-refractivity contribution in [1.82, 2.24) is 0 Å². The molecular formula is C14H9F2NO4. The van der Waals surface area contributed by atoms with E-state index in [1.54, 1.807) is 0 Å². The van der Waals surface area contributed by atoms with Gasteiger partial charge in [0.25, 0.3) is 5.69 Å². The molecule has 21 heavy (non-hydrogen) atoms. The lowest BCUT2D eigenvalue weighted by molar-refractivity contribution is -0.385. The summed E-state index contributed by atoms with van der Waals surface area (Å²) in [5, 5.41) is 10.7. The number of nitro groups is 1. The van der Waals surface area contributed by atoms with E-state index in [9.17, 15) is 23.7 Å². The molecule has 5 nitrogen and oxygen atoms in total. The molecule has 0 aliphatic heterocycles. The first kappa shape index (κ1) is 14.6. The van der Waals surface area contributed by atoms with Gasteiger partial charge in [0.1, 0.15) is 17.4 Å². The lowest BCUT2D eigenvalue weighted by Gasteiger charge is -2.06. The molecule has 2 aromatic carbocycles. The predicted molar refractivity (Wildman–Crippen MR) is 69.1 cm³/mol. The number of hydrogen-bond acceptors (Lipinski definition) is 4. The number of carbonyl (C=O) groups is 1. The summed E-state index contributed by atoms with van der Waals surface area (Å²) in [6.07, 6.45) is 0. The summed E-state index contributed by atoms with van der Waals surface area (Å²) in [6.45, 7) is 1.48. The number of ether oxygens (including phenoxy) is 1. The summed E-state index contributed by atoms with van der Waals surface area (Å²) in [7, 11) is 0. The standard InChI is InChI=1S/C14H9F2NO4/c1-8-4-12(2-3-13(8)17(19)20)21-14(18)9-5-10(15)7-11(16)6-9/h2-7H,1H3. The Kier molecular flexibility index (Phi) is 3.93. The van der Waals surface area contributed by atoms with Gasteiger partial charge in [0.05, 0.1) is 10.5 Å². The number of rotatable bonds is 3. The SMILES string of the molecule is Cc1cc(OC(=O)c2cc(F)cc(F)c2)ccc1[N+](=O)[O-]. The predicted octanol–water partition coefficient (Wildman–Crippen LogP) is 3.40. The highest BCUT2D eigenvalue weighted by Gasteiger charge is 2.15. The Morgan fingerprint density at radius 1 is 1.14 bits per heavy atom. The van der Waals surface area contributed by atoms with Crippen LogP contribution in [-0.2, 0) is 0 Å². The first-order chi connectivity index (χ1) is 9.86. The van der Waals surface area contributed by atoms with Crippen molar-refractivity contribution in [1.29, 1.82) is 0 Å². The molecule has 7 heteroatoms. The number of benzene rings is 2. The minimum atomic E-state index is -0.957. The van der Waals surface area contributed by atoms with Crippen molar-refractivity contribution in [2.45, 2.75) is 6.92 Å². The maximum absolute atomic E-state index is 13.0. The summed E-state index contributed by atoms with van der Waals surface area (Å²) in [4.78, 5) is 21.9. The summed E-state index contributed by atoms with van der Waals surface area (Å²) >= 11 is 0. The largest absolute Gasteiger partial charge is 0.423 e. The second-order valence-corrected chi connectivity index (χ2v) is 4.25. The fraction of sp³-hybridized carbons (Fsp3) is 0.0714. The quantitative estimate of drug-likeness (QED) is 0.376. The second kappa shape index (κ2) is 5.66. The van der Waals surface area contributed by atoms with Gasteiger partial charge < -0.3 is 4.74 Å². The smallest absolute Gasteiger partial charge is 0.343 e. The van der Waals surface area contributed by atoms with Gasteiger partial charge in [-0.1, -0.05) is 0 Å². The minimum Gasteiger partial charge on any atom is -0.423 e. The molecule has 0 unspecified atom stereocenters. The summed E-state index contributed by atoms with van der Waals surface area (Å²) in [5.74, 6) is -2.71. The van der Waals surface area contributed by atoms with Gasteiger partial charge in [-0.05, 0) is 31.2 Å². The van der Waals surface area contributed by atoms with E-state index in [0.29, 0.717) is 11.6 Å². The molecule has 0 spiro atoms.